The lowest BCUT2D eigenvalue weighted by Gasteiger charge is -2.13. The molecule has 0 radical (unpaired) electrons. The summed E-state index contributed by atoms with van der Waals surface area (Å²) in [7, 11) is 0. The second-order valence-corrected chi connectivity index (χ2v) is 13.1. The van der Waals surface area contributed by atoms with Crippen molar-refractivity contribution in [1.82, 2.24) is 0 Å². The van der Waals surface area contributed by atoms with Crippen molar-refractivity contribution in [2.45, 2.75) is 50.9 Å². The maximum Gasteiger partial charge on any atom is 0.430 e. The van der Waals surface area contributed by atoms with E-state index in [1.165, 1.54) is 24.3 Å². The Balaban J connectivity index is 0.000000472. The molecular formula is C40H30F12N4O5. The first-order valence-electron chi connectivity index (χ1n) is 17.2. The highest BCUT2D eigenvalue weighted by Gasteiger charge is 2.34. The van der Waals surface area contributed by atoms with Gasteiger partial charge in [-0.15, -0.1) is 0 Å². The smallest absolute Gasteiger partial charge is 0.430 e. The number of carbonyl (C=O) groups excluding carboxylic acids is 2. The van der Waals surface area contributed by atoms with E-state index in [1.807, 2.05) is 60.7 Å². The van der Waals surface area contributed by atoms with E-state index in [9.17, 15) is 52.7 Å². The third-order valence-corrected chi connectivity index (χ3v) is 8.84. The molecule has 0 atom stereocenters. The zero-order chi connectivity index (χ0) is 44.2. The lowest BCUT2D eigenvalue weighted by Crippen LogP contribution is -2.37. The van der Waals surface area contributed by atoms with Gasteiger partial charge in [-0.2, -0.15) is 61.8 Å². The predicted molar refractivity (Wildman–Crippen MR) is 190 cm³/mol. The second kappa shape index (κ2) is 18.3. The maximum absolute atomic E-state index is 13.8. The van der Waals surface area contributed by atoms with Gasteiger partial charge in [0.05, 0.1) is 33.3 Å². The highest BCUT2D eigenvalue weighted by Crippen LogP contribution is 2.34. The van der Waals surface area contributed by atoms with Crippen molar-refractivity contribution in [3.05, 3.63) is 143 Å². The number of hydrogen-bond acceptors (Lipinski definition) is 6. The van der Waals surface area contributed by atoms with Gasteiger partial charge in [0.15, 0.2) is 25.5 Å². The topological polar surface area (TPSA) is 144 Å². The Morgan fingerprint density at radius 3 is 1.15 bits per heavy atom. The molecule has 0 unspecified atom stereocenters. The molecule has 10 rings (SSSR count). The molecule has 0 aliphatic carbocycles. The van der Waals surface area contributed by atoms with Crippen LogP contribution in [0.15, 0.2) is 109 Å². The molecule has 0 amide bonds. The van der Waals surface area contributed by atoms with Gasteiger partial charge in [-0.05, 0) is 41.5 Å². The lowest BCUT2D eigenvalue weighted by molar-refractivity contribution is -0.663. The van der Waals surface area contributed by atoms with Crippen LogP contribution in [0.4, 0.5) is 64.1 Å². The molecule has 0 spiro atoms. The number of alkyl halides is 12. The van der Waals surface area contributed by atoms with Crippen molar-refractivity contribution in [2.75, 3.05) is 10.6 Å². The average molecular weight is 875 g/mol. The molecule has 21 heteroatoms. The van der Waals surface area contributed by atoms with Crippen LogP contribution in [0, 0.1) is 0 Å². The summed E-state index contributed by atoms with van der Waals surface area (Å²) in [4.78, 5) is 17.6. The molecular weight excluding hydrogens is 844 g/mol. The minimum absolute atomic E-state index is 0. The monoisotopic (exact) mass is 874 g/mol. The number of halogens is 12. The van der Waals surface area contributed by atoms with E-state index >= 15 is 0 Å². The number of nitrogens with one attached hydrogen (secondary N) is 2. The Hall–Kier alpha value is -6.64. The minimum Gasteiger partial charge on any atom is -0.542 e. The van der Waals surface area contributed by atoms with Crippen molar-refractivity contribution >= 4 is 45.1 Å². The van der Waals surface area contributed by atoms with Crippen LogP contribution in [0.25, 0.3) is 21.8 Å². The van der Waals surface area contributed by atoms with E-state index in [1.54, 1.807) is 21.5 Å². The summed E-state index contributed by atoms with van der Waals surface area (Å²) in [6.07, 6.45) is -15.8. The summed E-state index contributed by atoms with van der Waals surface area (Å²) in [5.41, 5.74) is 4.45. The number of rotatable bonds is 0. The van der Waals surface area contributed by atoms with Crippen LogP contribution in [-0.4, -0.2) is 29.8 Å². The normalized spacial score (nSPS) is 13.0. The van der Waals surface area contributed by atoms with Gasteiger partial charge in [0.2, 0.25) is 11.0 Å². The van der Waals surface area contributed by atoms with Gasteiger partial charge < -0.3 is 35.9 Å². The number of anilines is 2. The summed E-state index contributed by atoms with van der Waals surface area (Å²) >= 11 is 0. The van der Waals surface area contributed by atoms with Crippen LogP contribution in [0.1, 0.15) is 33.4 Å². The van der Waals surface area contributed by atoms with Crippen molar-refractivity contribution in [3.63, 3.8) is 0 Å². The van der Waals surface area contributed by atoms with E-state index in [0.29, 0.717) is 59.4 Å². The van der Waals surface area contributed by atoms with Gasteiger partial charge in [-0.25, -0.2) is 0 Å². The number of benzene rings is 4. The van der Waals surface area contributed by atoms with Crippen LogP contribution >= 0.6 is 0 Å². The van der Waals surface area contributed by atoms with Crippen LogP contribution in [-0.2, 0) is 48.1 Å². The SMILES string of the molecule is FC(F)(F)c1ccc2c3cc[n+](c2c1)Cc1cccc(c1)C[n+]1ccc(c2ccc(C(F)(F)F)cc21)NCc1ccc(cc1)CN3.O.O=C([O-])C(F)(F)F.O=C([O-])C(F)(F)F. The zero-order valence-corrected chi connectivity index (χ0v) is 30.8. The van der Waals surface area contributed by atoms with Crippen molar-refractivity contribution in [1.29, 1.82) is 0 Å². The predicted octanol–water partition coefficient (Wildman–Crippen LogP) is 6.01. The fourth-order valence-electron chi connectivity index (χ4n) is 5.99. The van der Waals surface area contributed by atoms with Gasteiger partial charge in [0, 0.05) is 48.5 Å². The highest BCUT2D eigenvalue weighted by atomic mass is 19.4. The van der Waals surface area contributed by atoms with Crippen LogP contribution < -0.4 is 30.0 Å². The molecule has 0 saturated carbocycles. The van der Waals surface area contributed by atoms with Crippen LogP contribution in [0.3, 0.4) is 0 Å². The van der Waals surface area contributed by atoms with E-state index in [0.717, 1.165) is 34.4 Å². The van der Waals surface area contributed by atoms with Gasteiger partial charge in [-0.1, -0.05) is 42.5 Å². The number of nitrogens with zero attached hydrogens (tertiary/aromatic N) is 2. The number of fused-ring (bicyclic) bond motifs is 1. The largest absolute Gasteiger partial charge is 0.542 e. The number of aromatic nitrogens is 2. The Morgan fingerprint density at radius 1 is 0.492 bits per heavy atom. The number of pyridine rings is 2. The fourth-order valence-corrected chi connectivity index (χ4v) is 5.99. The quantitative estimate of drug-likeness (QED) is 0.141. The molecule has 4 aliphatic heterocycles. The molecule has 61 heavy (non-hydrogen) atoms. The maximum atomic E-state index is 13.8. The molecule has 324 valence electrons. The molecule has 0 fully saturated rings. The number of hydrogen-bond donors (Lipinski definition) is 2. The summed E-state index contributed by atoms with van der Waals surface area (Å²) < 4.78 is 149. The molecule has 8 bridgehead atoms. The first kappa shape index (κ1) is 47.0. The van der Waals surface area contributed by atoms with Crippen molar-refractivity contribution in [3.8, 4) is 0 Å². The van der Waals surface area contributed by atoms with Gasteiger partial charge in [0.25, 0.3) is 0 Å². The molecule has 6 heterocycles. The summed E-state index contributed by atoms with van der Waals surface area (Å²) in [5, 5.41) is 25.7. The van der Waals surface area contributed by atoms with E-state index in [2.05, 4.69) is 10.6 Å². The average Bonchev–Trinajstić information content (AvgIpc) is 3.16. The minimum atomic E-state index is -5.19. The van der Waals surface area contributed by atoms with Gasteiger partial charge >= 0.3 is 24.7 Å². The van der Waals surface area contributed by atoms with Crippen molar-refractivity contribution in [2.24, 2.45) is 0 Å². The molecule has 9 nitrogen and oxygen atoms in total. The lowest BCUT2D eigenvalue weighted by atomic mass is 10.1. The highest BCUT2D eigenvalue weighted by molar-refractivity contribution is 5.90. The Morgan fingerprint density at radius 2 is 0.836 bits per heavy atom. The standard InChI is InChI=1S/C36H26F6N4.2C2HF3O2.H2O/c37-35(38,39)27-8-10-29-31-12-14-45(33(29)17-27)21-25-2-1-3-26(16-25)22-46-15-13-32(30-11-9-28(18-34(30)46)36(40,41)42)44-20-24-6-4-23(5-7-24)19-43-31;2*3-2(4,5)1(6)7;/h1-18H,19-22H2;2*(H,6,7);1H2. The summed E-state index contributed by atoms with van der Waals surface area (Å²) in [6, 6.07) is 26.7. The fraction of sp³-hybridized carbons (Fsp3) is 0.200. The Bertz CT molecular complexity index is 2350. The van der Waals surface area contributed by atoms with Crippen molar-refractivity contribution < 1.29 is 87.1 Å². The van der Waals surface area contributed by atoms with Gasteiger partial charge in [0.1, 0.15) is 11.9 Å². The Kier molecular flexibility index (Phi) is 14.1. The van der Waals surface area contributed by atoms with Crippen LogP contribution in [0.2, 0.25) is 0 Å². The molecule has 6 aromatic rings. The number of aliphatic carboxylic acids is 2. The van der Waals surface area contributed by atoms with E-state index < -0.39 is 47.8 Å². The van der Waals surface area contributed by atoms with E-state index in [4.69, 9.17) is 19.8 Å². The first-order chi connectivity index (χ1) is 27.9. The second-order valence-electron chi connectivity index (χ2n) is 13.1. The third-order valence-electron chi connectivity index (χ3n) is 8.84. The number of carboxylic acids is 2. The number of carbonyl (C=O) groups is 2. The summed E-state index contributed by atoms with van der Waals surface area (Å²) in [5.74, 6) is -6.01. The van der Waals surface area contributed by atoms with Gasteiger partial charge in [-0.3, -0.25) is 0 Å². The van der Waals surface area contributed by atoms with E-state index in [-0.39, 0.29) is 5.48 Å². The summed E-state index contributed by atoms with van der Waals surface area (Å²) in [6.45, 7) is 1.50. The molecule has 4 aliphatic rings. The first-order valence-corrected chi connectivity index (χ1v) is 17.2. The third kappa shape index (κ3) is 12.2. The molecule has 4 aromatic carbocycles. The molecule has 0 saturated heterocycles. The molecule has 4 N–H and O–H groups in total. The molecule has 2 aromatic heterocycles. The Labute approximate surface area is 336 Å². The van der Waals surface area contributed by atoms with Crippen LogP contribution in [0.5, 0.6) is 0 Å². The zero-order valence-electron chi connectivity index (χ0n) is 30.8. The number of carboxylic acid groups (broad SMARTS) is 2.